The van der Waals surface area contributed by atoms with Crippen LogP contribution in [0.1, 0.15) is 188 Å². The van der Waals surface area contributed by atoms with Crippen molar-refractivity contribution in [3.8, 4) is 22.3 Å². The maximum Gasteiger partial charge on any atom is 0.252 e. The first kappa shape index (κ1) is 50.4. The van der Waals surface area contributed by atoms with Crippen molar-refractivity contribution in [3.63, 3.8) is 0 Å². The van der Waals surface area contributed by atoms with E-state index in [-0.39, 0.29) is 44.6 Å². The van der Waals surface area contributed by atoms with Crippen LogP contribution in [0.5, 0.6) is 0 Å². The minimum atomic E-state index is -0.0563. The molecule has 0 fully saturated rings. The van der Waals surface area contributed by atoms with E-state index in [1.807, 2.05) is 0 Å². The Kier molecular flexibility index (Phi) is 11.3. The molecule has 0 unspecified atom stereocenters. The molecule has 7 aromatic rings. The van der Waals surface area contributed by atoms with Gasteiger partial charge < -0.3 is 9.80 Å². The zero-order chi connectivity index (χ0) is 53.0. The van der Waals surface area contributed by atoms with Gasteiger partial charge >= 0.3 is 0 Å². The number of aryl methyl sites for hydroxylation is 1. The summed E-state index contributed by atoms with van der Waals surface area (Å²) < 4.78 is 0. The SMILES string of the molecule is Cc1cc2c3c(c1)N(c1ccc(C(C)(C)C)cc1-c1cccc(-c4ccc(C(C)(C)C)cc4)c1)c1cc(C(C)(C)C)ccc1B3c1cc3c(cc1N2c1ccc2c(c1)C(C)(C)CCC2(C)C)C(C)(C)CCC3(C)C. The van der Waals surface area contributed by atoms with Crippen LogP contribution in [0.2, 0.25) is 0 Å². The van der Waals surface area contributed by atoms with Crippen LogP contribution in [0.25, 0.3) is 22.3 Å². The maximum atomic E-state index is 2.71. The van der Waals surface area contributed by atoms with Crippen molar-refractivity contribution in [3.05, 3.63) is 172 Å². The highest BCUT2D eigenvalue weighted by molar-refractivity contribution is 7.00. The highest BCUT2D eigenvalue weighted by Gasteiger charge is 2.48. The van der Waals surface area contributed by atoms with E-state index in [9.17, 15) is 0 Å². The van der Waals surface area contributed by atoms with E-state index in [2.05, 4.69) is 262 Å². The lowest BCUT2D eigenvalue weighted by Gasteiger charge is -2.48. The third-order valence-electron chi connectivity index (χ3n) is 18.5. The molecule has 0 aromatic heterocycles. The lowest BCUT2D eigenvalue weighted by molar-refractivity contribution is 0.332. The third-order valence-corrected chi connectivity index (χ3v) is 18.5. The molecule has 0 spiro atoms. The zero-order valence-electron chi connectivity index (χ0n) is 48.4. The average Bonchev–Trinajstić information content (AvgIpc) is 3.33. The summed E-state index contributed by atoms with van der Waals surface area (Å²) >= 11 is 0. The summed E-state index contributed by atoms with van der Waals surface area (Å²) in [6, 6.07) is 51.4. The van der Waals surface area contributed by atoms with Crippen molar-refractivity contribution < 1.29 is 0 Å². The van der Waals surface area contributed by atoms with Crippen molar-refractivity contribution in [2.24, 2.45) is 0 Å². The number of rotatable bonds is 4. The predicted molar refractivity (Wildman–Crippen MR) is 323 cm³/mol. The smallest absolute Gasteiger partial charge is 0.252 e. The molecule has 0 saturated carbocycles. The summed E-state index contributed by atoms with van der Waals surface area (Å²) in [5, 5.41) is 0. The number of anilines is 6. The van der Waals surface area contributed by atoms with Crippen LogP contribution in [0, 0.1) is 6.92 Å². The summed E-state index contributed by atoms with van der Waals surface area (Å²) in [6.07, 6.45) is 4.72. The normalized spacial score (nSPS) is 18.0. The predicted octanol–water partition coefficient (Wildman–Crippen LogP) is 18.0. The summed E-state index contributed by atoms with van der Waals surface area (Å²) in [4.78, 5) is 5.39. The molecule has 3 heteroatoms. The van der Waals surface area contributed by atoms with Crippen molar-refractivity contribution in [1.82, 2.24) is 0 Å². The molecule has 74 heavy (non-hydrogen) atoms. The Bertz CT molecular complexity index is 3410. The molecule has 0 radical (unpaired) electrons. The van der Waals surface area contributed by atoms with Gasteiger partial charge in [0.15, 0.2) is 0 Å². The fourth-order valence-corrected chi connectivity index (χ4v) is 13.4. The Morgan fingerprint density at radius 2 is 0.878 bits per heavy atom. The van der Waals surface area contributed by atoms with Crippen molar-refractivity contribution in [2.45, 2.75) is 188 Å². The van der Waals surface area contributed by atoms with Crippen LogP contribution in [0.3, 0.4) is 0 Å². The van der Waals surface area contributed by atoms with Crippen molar-refractivity contribution in [1.29, 1.82) is 0 Å². The molecule has 2 nitrogen and oxygen atoms in total. The molecule has 2 aliphatic carbocycles. The van der Waals surface area contributed by atoms with Crippen LogP contribution in [0.4, 0.5) is 34.1 Å². The number of nitrogens with zero attached hydrogens (tertiary/aromatic N) is 2. The van der Waals surface area contributed by atoms with Gasteiger partial charge in [0.2, 0.25) is 0 Å². The van der Waals surface area contributed by atoms with E-state index in [0.29, 0.717) is 0 Å². The first-order valence-electron chi connectivity index (χ1n) is 28.0. The van der Waals surface area contributed by atoms with Crippen LogP contribution < -0.4 is 26.2 Å². The van der Waals surface area contributed by atoms with Gasteiger partial charge in [0.05, 0.1) is 5.69 Å². The van der Waals surface area contributed by atoms with Gasteiger partial charge in [-0.25, -0.2) is 0 Å². The Morgan fingerprint density at radius 3 is 1.49 bits per heavy atom. The molecule has 0 saturated heterocycles. The summed E-state index contributed by atoms with van der Waals surface area (Å²) in [5.41, 5.74) is 28.4. The molecule has 7 aromatic carbocycles. The quantitative estimate of drug-likeness (QED) is 0.162. The highest BCUT2D eigenvalue weighted by atomic mass is 15.2. The van der Waals surface area contributed by atoms with Crippen LogP contribution >= 0.6 is 0 Å². The van der Waals surface area contributed by atoms with E-state index >= 15 is 0 Å². The molecule has 0 N–H and O–H groups in total. The Balaban J connectivity index is 1.22. The highest BCUT2D eigenvalue weighted by Crippen LogP contribution is 2.54. The van der Waals surface area contributed by atoms with E-state index < -0.39 is 0 Å². The van der Waals surface area contributed by atoms with Gasteiger partial charge in [0, 0.05) is 34.0 Å². The second kappa shape index (κ2) is 16.6. The van der Waals surface area contributed by atoms with E-state index in [1.54, 1.807) is 0 Å². The van der Waals surface area contributed by atoms with Gasteiger partial charge in [0.25, 0.3) is 6.71 Å². The first-order valence-corrected chi connectivity index (χ1v) is 28.0. The fourth-order valence-electron chi connectivity index (χ4n) is 13.4. The van der Waals surface area contributed by atoms with Gasteiger partial charge in [-0.1, -0.05) is 190 Å². The third kappa shape index (κ3) is 8.21. The minimum absolute atomic E-state index is 0.0305. The van der Waals surface area contributed by atoms with E-state index in [0.717, 1.165) is 0 Å². The summed E-state index contributed by atoms with van der Waals surface area (Å²) in [5.74, 6) is 0. The minimum Gasteiger partial charge on any atom is -0.311 e. The lowest BCUT2D eigenvalue weighted by Crippen LogP contribution is -2.62. The number of fused-ring (bicyclic) bond motifs is 6. The topological polar surface area (TPSA) is 6.48 Å². The Labute approximate surface area is 447 Å². The van der Waals surface area contributed by atoms with Gasteiger partial charge in [-0.15, -0.1) is 0 Å². The fraction of sp³-hybridized carbons (Fsp3) is 0.408. The molecular weight excluding hydrogens is 892 g/mol. The molecule has 0 amide bonds. The average molecular weight is 975 g/mol. The zero-order valence-corrected chi connectivity index (χ0v) is 48.4. The number of benzene rings is 7. The monoisotopic (exact) mass is 975 g/mol. The number of hydrogen-bond acceptors (Lipinski definition) is 2. The van der Waals surface area contributed by atoms with E-state index in [4.69, 9.17) is 0 Å². The molecule has 11 rings (SSSR count). The van der Waals surface area contributed by atoms with Crippen molar-refractivity contribution >= 4 is 57.2 Å². The van der Waals surface area contributed by atoms with Crippen LogP contribution in [0.15, 0.2) is 127 Å². The van der Waals surface area contributed by atoms with Crippen molar-refractivity contribution in [2.75, 3.05) is 9.80 Å². The molecule has 2 aliphatic heterocycles. The van der Waals surface area contributed by atoms with Gasteiger partial charge in [0.1, 0.15) is 0 Å². The van der Waals surface area contributed by atoms with E-state index in [1.165, 1.54) is 143 Å². The maximum absolute atomic E-state index is 2.71. The molecule has 0 atom stereocenters. The summed E-state index contributed by atoms with van der Waals surface area (Å²) in [7, 11) is 0. The largest absolute Gasteiger partial charge is 0.311 e. The second-order valence-corrected chi connectivity index (χ2v) is 29.0. The molecule has 4 aliphatic rings. The molecule has 2 heterocycles. The molecule has 380 valence electrons. The van der Waals surface area contributed by atoms with Gasteiger partial charge in [-0.05, 0) is 203 Å². The lowest BCUT2D eigenvalue weighted by atomic mass is 9.33. The molecular formula is C71H83BN2. The second-order valence-electron chi connectivity index (χ2n) is 29.0. The standard InChI is InChI=1S/C71H83BN2/c1-44-36-62-64-63(37-44)74(59-31-27-49(66(5,6)7)39-52(59)47-21-19-20-46(38-47)45-22-24-48(25-23-45)65(2,3)4)60-40-50(67(8,9)10)26-30-57(60)72(64)58-42-55-56(71(17,18)35-34-70(55,15)16)43-61(58)73(62)51-28-29-53-54(41-51)69(13,14)33-32-68(53,11)12/h19-31,36-43H,32-35H2,1-18H3. The molecule has 0 bridgehead atoms. The Hall–Kier alpha value is -5.80. The first-order chi connectivity index (χ1) is 34.4. The number of hydrogen-bond donors (Lipinski definition) is 0. The van der Waals surface area contributed by atoms with Gasteiger partial charge in [-0.2, -0.15) is 0 Å². The van der Waals surface area contributed by atoms with Gasteiger partial charge in [-0.3, -0.25) is 0 Å². The Morgan fingerprint density at radius 1 is 0.378 bits per heavy atom. The summed E-state index contributed by atoms with van der Waals surface area (Å²) in [6.45, 7) is 43.2. The van der Waals surface area contributed by atoms with Crippen LogP contribution in [-0.2, 0) is 37.9 Å². The van der Waals surface area contributed by atoms with Crippen LogP contribution in [-0.4, -0.2) is 6.71 Å².